The quantitative estimate of drug-likeness (QED) is 0.145. The van der Waals surface area contributed by atoms with Gasteiger partial charge in [0.25, 0.3) is 0 Å². The lowest BCUT2D eigenvalue weighted by atomic mass is 9.75. The third-order valence-electron chi connectivity index (χ3n) is 4.83. The van der Waals surface area contributed by atoms with Crippen LogP contribution in [0.4, 0.5) is 43.9 Å². The molecular weight excluding hydrogens is 473 g/mol. The molecule has 0 saturated heterocycles. The second-order valence-electron chi connectivity index (χ2n) is 6.68. The summed E-state index contributed by atoms with van der Waals surface area (Å²) >= 11 is 0. The van der Waals surface area contributed by atoms with Crippen molar-refractivity contribution in [3.05, 3.63) is 82.4 Å². The molecule has 33 heavy (non-hydrogen) atoms. The van der Waals surface area contributed by atoms with E-state index in [9.17, 15) is 48.9 Å². The third kappa shape index (κ3) is 3.25. The summed E-state index contributed by atoms with van der Waals surface area (Å²) in [6.45, 7) is 0. The summed E-state index contributed by atoms with van der Waals surface area (Å²) < 4.78 is 144. The summed E-state index contributed by atoms with van der Waals surface area (Å²) in [4.78, 5) is 0. The van der Waals surface area contributed by atoms with Crippen molar-refractivity contribution >= 4 is 34.1 Å². The highest BCUT2D eigenvalue weighted by Gasteiger charge is 2.36. The van der Waals surface area contributed by atoms with Crippen molar-refractivity contribution in [2.45, 2.75) is 0 Å². The van der Waals surface area contributed by atoms with E-state index in [4.69, 9.17) is 0 Å². The highest BCUT2D eigenvalue weighted by atomic mass is 19.2. The molecule has 4 aromatic rings. The first kappa shape index (κ1) is 22.7. The normalized spacial score (nSPS) is 11.5. The van der Waals surface area contributed by atoms with Crippen LogP contribution < -0.4 is 10.1 Å². The van der Waals surface area contributed by atoms with Crippen molar-refractivity contribution in [2.75, 3.05) is 0 Å². The molecule has 0 saturated carbocycles. The van der Waals surface area contributed by atoms with Crippen molar-refractivity contribution in [2.24, 2.45) is 0 Å². The molecule has 0 aliphatic carbocycles. The zero-order chi connectivity index (χ0) is 24.4. The molecule has 0 fully saturated rings. The monoisotopic (exact) mass is 478 g/mol. The van der Waals surface area contributed by atoms with Crippen LogP contribution in [0.25, 0.3) is 21.5 Å². The summed E-state index contributed by atoms with van der Waals surface area (Å²) in [6.07, 6.45) is 0. The van der Waals surface area contributed by atoms with Crippen molar-refractivity contribution in [1.82, 2.24) is 0 Å². The lowest BCUT2D eigenvalue weighted by Crippen LogP contribution is -2.41. The molecule has 0 spiro atoms. The summed E-state index contributed by atoms with van der Waals surface area (Å²) in [5.74, 6) is -24.3. The number of rotatable bonds is 3. The maximum atomic E-state index is 14.9. The fourth-order valence-corrected chi connectivity index (χ4v) is 3.33. The molecule has 4 aromatic carbocycles. The summed E-state index contributed by atoms with van der Waals surface area (Å²) in [7, 11) is -3.03. The Morgan fingerprint density at radius 3 is 1.76 bits per heavy atom. The Hall–Kier alpha value is -3.48. The molecule has 2 nitrogen and oxygen atoms in total. The first-order valence-corrected chi connectivity index (χ1v) is 8.70. The Morgan fingerprint density at radius 1 is 0.606 bits per heavy atom. The van der Waals surface area contributed by atoms with Crippen LogP contribution >= 0.6 is 0 Å². The predicted octanol–water partition coefficient (Wildman–Crippen LogP) is 5.15. The van der Waals surface area contributed by atoms with Gasteiger partial charge in [-0.15, -0.1) is 0 Å². The molecule has 0 amide bonds. The summed E-state index contributed by atoms with van der Waals surface area (Å²) in [5, 5.41) is 6.70. The molecule has 1 N–H and O–H groups in total. The topological polar surface area (TPSA) is 29.5 Å². The molecule has 170 valence electrons. The number of fused-ring (bicyclic) bond motifs is 2. The van der Waals surface area contributed by atoms with Gasteiger partial charge in [-0.25, -0.2) is 35.1 Å². The Morgan fingerprint density at radius 2 is 1.15 bits per heavy atom. The Labute approximate surface area is 176 Å². The molecule has 0 bridgehead atoms. The molecule has 13 heteroatoms. The molecule has 0 aromatic heterocycles. The van der Waals surface area contributed by atoms with Gasteiger partial charge in [0.05, 0.1) is 10.8 Å². The smallest absolute Gasteiger partial charge is 0.528 e. The van der Waals surface area contributed by atoms with Gasteiger partial charge in [0.15, 0.2) is 23.2 Å². The van der Waals surface area contributed by atoms with Crippen molar-refractivity contribution in [3.63, 3.8) is 0 Å². The largest absolute Gasteiger partial charge is 0.563 e. The lowest BCUT2D eigenvalue weighted by Gasteiger charge is -2.17. The molecule has 0 aliphatic rings. The van der Waals surface area contributed by atoms with Gasteiger partial charge in [0.1, 0.15) is 11.6 Å². The number of benzene rings is 4. The Balaban J connectivity index is 2.02. The van der Waals surface area contributed by atoms with E-state index in [1.807, 2.05) is 0 Å². The minimum Gasteiger partial charge on any atom is -0.528 e. The molecular formula is C20H5BF10O2. The fraction of sp³-hybridized carbons (Fsp3) is 0. The van der Waals surface area contributed by atoms with Crippen LogP contribution in [0.5, 0.6) is 5.75 Å². The van der Waals surface area contributed by atoms with Gasteiger partial charge in [-0.3, -0.25) is 0 Å². The third-order valence-corrected chi connectivity index (χ3v) is 4.83. The highest BCUT2D eigenvalue weighted by Crippen LogP contribution is 2.33. The number of hydrogen-bond donors (Lipinski definition) is 1. The van der Waals surface area contributed by atoms with E-state index in [2.05, 4.69) is 4.65 Å². The van der Waals surface area contributed by atoms with Crippen LogP contribution in [0.15, 0.2) is 24.3 Å². The van der Waals surface area contributed by atoms with Crippen LogP contribution in [-0.2, 0) is 0 Å². The highest BCUT2D eigenvalue weighted by molar-refractivity contribution is 6.64. The van der Waals surface area contributed by atoms with Crippen LogP contribution in [0.2, 0.25) is 0 Å². The van der Waals surface area contributed by atoms with Gasteiger partial charge >= 0.3 is 7.12 Å². The molecule has 0 aliphatic heterocycles. The standard InChI is InChI=1S/C20H5BF10O2/c22-7-3-1-2-5-4-6-9(11(23)8(5)7)12(24)14(26)13(25)10(6)21(32)33-20-18(30)16(28)15(27)17(29)19(20)31/h1-4,32H. The van der Waals surface area contributed by atoms with E-state index in [-0.39, 0.29) is 5.39 Å². The zero-order valence-electron chi connectivity index (χ0n) is 15.5. The van der Waals surface area contributed by atoms with Crippen LogP contribution in [0.1, 0.15) is 0 Å². The van der Waals surface area contributed by atoms with Gasteiger partial charge in [-0.1, -0.05) is 12.1 Å². The van der Waals surface area contributed by atoms with E-state index in [0.29, 0.717) is 6.07 Å². The van der Waals surface area contributed by atoms with Crippen molar-refractivity contribution in [3.8, 4) is 5.75 Å². The maximum Gasteiger partial charge on any atom is 0.563 e. The first-order valence-electron chi connectivity index (χ1n) is 8.70. The average molecular weight is 478 g/mol. The average Bonchev–Trinajstić information content (AvgIpc) is 2.77. The van der Waals surface area contributed by atoms with E-state index in [1.54, 1.807) is 0 Å². The Kier molecular flexibility index (Phi) is 5.39. The van der Waals surface area contributed by atoms with Crippen LogP contribution in [0, 0.1) is 58.2 Å². The summed E-state index contributed by atoms with van der Waals surface area (Å²) in [5.41, 5.74) is -1.45. The van der Waals surface area contributed by atoms with Gasteiger partial charge < -0.3 is 9.68 Å². The predicted molar refractivity (Wildman–Crippen MR) is 95.7 cm³/mol. The van der Waals surface area contributed by atoms with Gasteiger partial charge in [-0.05, 0) is 22.9 Å². The fourth-order valence-electron chi connectivity index (χ4n) is 3.33. The van der Waals surface area contributed by atoms with Crippen molar-refractivity contribution in [1.29, 1.82) is 0 Å². The second-order valence-corrected chi connectivity index (χ2v) is 6.68. The Bertz CT molecular complexity index is 1440. The molecule has 0 atom stereocenters. The maximum absolute atomic E-state index is 14.9. The van der Waals surface area contributed by atoms with E-state index >= 15 is 0 Å². The number of halogens is 10. The van der Waals surface area contributed by atoms with Gasteiger partial charge in [0.2, 0.25) is 29.1 Å². The second kappa shape index (κ2) is 7.83. The van der Waals surface area contributed by atoms with Crippen LogP contribution in [-0.4, -0.2) is 12.1 Å². The first-order chi connectivity index (χ1) is 15.5. The SMILES string of the molecule is OB(Oc1c(F)c(F)c(F)c(F)c1F)c1c(F)c(F)c(F)c2c(F)c3c(F)cccc3cc12. The molecule has 0 radical (unpaired) electrons. The van der Waals surface area contributed by atoms with Crippen molar-refractivity contribution < 1.29 is 53.6 Å². The lowest BCUT2D eigenvalue weighted by molar-refractivity contribution is 0.332. The number of hydrogen-bond acceptors (Lipinski definition) is 2. The molecule has 4 rings (SSSR count). The van der Waals surface area contributed by atoms with Gasteiger partial charge in [-0.2, -0.15) is 8.78 Å². The van der Waals surface area contributed by atoms with E-state index in [0.717, 1.165) is 18.2 Å². The van der Waals surface area contributed by atoms with E-state index < -0.39 is 92.7 Å². The summed E-state index contributed by atoms with van der Waals surface area (Å²) in [6, 6.07) is 3.67. The van der Waals surface area contributed by atoms with E-state index in [1.165, 1.54) is 0 Å². The zero-order valence-corrected chi connectivity index (χ0v) is 15.5. The minimum atomic E-state index is -3.03. The van der Waals surface area contributed by atoms with Crippen LogP contribution in [0.3, 0.4) is 0 Å². The molecule has 0 heterocycles. The minimum absolute atomic E-state index is 0.324. The molecule has 0 unspecified atom stereocenters. The van der Waals surface area contributed by atoms with Gasteiger partial charge in [0, 0.05) is 5.46 Å².